The molecule has 1 unspecified atom stereocenters. The zero-order valence-electron chi connectivity index (χ0n) is 10.3. The van der Waals surface area contributed by atoms with Crippen molar-refractivity contribution in [1.82, 2.24) is 4.98 Å². The number of fused-ring (bicyclic) bond motifs is 1. The Kier molecular flexibility index (Phi) is 3.53. The van der Waals surface area contributed by atoms with Gasteiger partial charge in [-0.05, 0) is 24.3 Å². The molecule has 0 amide bonds. The van der Waals surface area contributed by atoms with Gasteiger partial charge in [0.05, 0.1) is 6.04 Å². The summed E-state index contributed by atoms with van der Waals surface area (Å²) < 4.78 is 5.77. The Morgan fingerprint density at radius 3 is 2.74 bits per heavy atom. The van der Waals surface area contributed by atoms with E-state index in [0.717, 1.165) is 22.5 Å². The van der Waals surface area contributed by atoms with E-state index >= 15 is 0 Å². The molecule has 3 nitrogen and oxygen atoms in total. The lowest BCUT2D eigenvalue weighted by Gasteiger charge is -2.07. The lowest BCUT2D eigenvalue weighted by molar-refractivity contribution is 0.516. The lowest BCUT2D eigenvalue weighted by Crippen LogP contribution is -2.11. The van der Waals surface area contributed by atoms with E-state index in [1.165, 1.54) is 4.90 Å². The molecule has 0 radical (unpaired) electrons. The maximum atomic E-state index is 6.18. The van der Waals surface area contributed by atoms with Gasteiger partial charge in [0.1, 0.15) is 11.3 Å². The van der Waals surface area contributed by atoms with E-state index in [1.54, 1.807) is 24.2 Å². The maximum Gasteiger partial charge on any atom is 0.134 e. The van der Waals surface area contributed by atoms with Gasteiger partial charge in [-0.15, -0.1) is 11.8 Å². The summed E-state index contributed by atoms with van der Waals surface area (Å²) in [5, 5.41) is 1.10. The second-order valence-corrected chi connectivity index (χ2v) is 5.38. The van der Waals surface area contributed by atoms with Crippen LogP contribution in [0, 0.1) is 0 Å². The highest BCUT2D eigenvalue weighted by Crippen LogP contribution is 2.27. The van der Waals surface area contributed by atoms with Crippen LogP contribution in [-0.2, 0) is 0 Å². The SMILES string of the molecule is NC(CSc1ccncc1)c1cc2ccccc2o1. The highest BCUT2D eigenvalue weighted by atomic mass is 32.2. The summed E-state index contributed by atoms with van der Waals surface area (Å²) >= 11 is 1.71. The molecule has 96 valence electrons. The third-order valence-electron chi connectivity index (χ3n) is 2.89. The Labute approximate surface area is 115 Å². The number of nitrogens with zero attached hydrogens (tertiary/aromatic N) is 1. The summed E-state index contributed by atoms with van der Waals surface area (Å²) in [5.41, 5.74) is 7.07. The molecule has 0 saturated carbocycles. The van der Waals surface area contributed by atoms with E-state index < -0.39 is 0 Å². The van der Waals surface area contributed by atoms with Crippen LogP contribution in [0.1, 0.15) is 11.8 Å². The number of pyridine rings is 1. The van der Waals surface area contributed by atoms with Crippen molar-refractivity contribution >= 4 is 22.7 Å². The molecule has 2 N–H and O–H groups in total. The molecule has 0 spiro atoms. The average molecular weight is 270 g/mol. The molecule has 0 bridgehead atoms. The van der Waals surface area contributed by atoms with Gasteiger partial charge >= 0.3 is 0 Å². The smallest absolute Gasteiger partial charge is 0.134 e. The standard InChI is InChI=1S/C15H14N2OS/c16-13(10-19-12-5-7-17-8-6-12)15-9-11-3-1-2-4-14(11)18-15/h1-9,13H,10,16H2. The van der Waals surface area contributed by atoms with Gasteiger partial charge < -0.3 is 10.2 Å². The van der Waals surface area contributed by atoms with Crippen molar-refractivity contribution in [3.63, 3.8) is 0 Å². The molecular formula is C15H14N2OS. The van der Waals surface area contributed by atoms with Gasteiger partial charge in [-0.2, -0.15) is 0 Å². The Bertz CT molecular complexity index is 633. The largest absolute Gasteiger partial charge is 0.459 e. The second kappa shape index (κ2) is 5.47. The van der Waals surface area contributed by atoms with Gasteiger partial charge in [0.25, 0.3) is 0 Å². The fraction of sp³-hybridized carbons (Fsp3) is 0.133. The number of furan rings is 1. The van der Waals surface area contributed by atoms with E-state index in [1.807, 2.05) is 42.5 Å². The number of hydrogen-bond donors (Lipinski definition) is 1. The molecule has 0 aliphatic heterocycles. The van der Waals surface area contributed by atoms with Crippen LogP contribution in [-0.4, -0.2) is 10.7 Å². The summed E-state index contributed by atoms with van der Waals surface area (Å²) in [6.45, 7) is 0. The molecule has 3 aromatic rings. The van der Waals surface area contributed by atoms with Crippen molar-refractivity contribution in [1.29, 1.82) is 0 Å². The number of thioether (sulfide) groups is 1. The molecule has 0 fully saturated rings. The minimum absolute atomic E-state index is 0.106. The fourth-order valence-electron chi connectivity index (χ4n) is 1.89. The van der Waals surface area contributed by atoms with Gasteiger partial charge in [-0.1, -0.05) is 18.2 Å². The third kappa shape index (κ3) is 2.80. The number of para-hydroxylation sites is 1. The third-order valence-corrected chi connectivity index (χ3v) is 4.02. The van der Waals surface area contributed by atoms with Crippen LogP contribution in [0.15, 0.2) is 64.2 Å². The van der Waals surface area contributed by atoms with E-state index in [2.05, 4.69) is 4.98 Å². The van der Waals surface area contributed by atoms with Crippen LogP contribution in [0.4, 0.5) is 0 Å². The number of rotatable bonds is 4. The maximum absolute atomic E-state index is 6.18. The van der Waals surface area contributed by atoms with Crippen molar-refractivity contribution < 1.29 is 4.42 Å². The highest BCUT2D eigenvalue weighted by molar-refractivity contribution is 7.99. The Morgan fingerprint density at radius 2 is 1.95 bits per heavy atom. The zero-order chi connectivity index (χ0) is 13.1. The van der Waals surface area contributed by atoms with Gasteiger partial charge in [0.2, 0.25) is 0 Å². The molecule has 3 rings (SSSR count). The summed E-state index contributed by atoms with van der Waals surface area (Å²) in [6, 6.07) is 13.8. The van der Waals surface area contributed by atoms with Crippen molar-refractivity contribution in [2.45, 2.75) is 10.9 Å². The van der Waals surface area contributed by atoms with Gasteiger partial charge in [-0.3, -0.25) is 4.98 Å². The van der Waals surface area contributed by atoms with E-state index in [0.29, 0.717) is 0 Å². The monoisotopic (exact) mass is 270 g/mol. The van der Waals surface area contributed by atoms with Crippen LogP contribution in [0.2, 0.25) is 0 Å². The normalized spacial score (nSPS) is 12.7. The van der Waals surface area contributed by atoms with Crippen molar-refractivity contribution in [2.75, 3.05) is 5.75 Å². The summed E-state index contributed by atoms with van der Waals surface area (Å²) in [6.07, 6.45) is 3.57. The van der Waals surface area contributed by atoms with Crippen LogP contribution >= 0.6 is 11.8 Å². The predicted octanol–water partition coefficient (Wildman–Crippen LogP) is 3.62. The van der Waals surface area contributed by atoms with Crippen molar-refractivity contribution in [3.8, 4) is 0 Å². The molecule has 0 aliphatic carbocycles. The predicted molar refractivity (Wildman–Crippen MR) is 78.1 cm³/mol. The first-order chi connectivity index (χ1) is 9.33. The first kappa shape index (κ1) is 12.3. The lowest BCUT2D eigenvalue weighted by atomic mass is 10.2. The minimum atomic E-state index is -0.106. The Hall–Kier alpha value is -1.78. The average Bonchev–Trinajstić information content (AvgIpc) is 2.90. The van der Waals surface area contributed by atoms with Crippen molar-refractivity contribution in [3.05, 3.63) is 60.6 Å². The van der Waals surface area contributed by atoms with Crippen LogP contribution < -0.4 is 5.73 Å². The summed E-state index contributed by atoms with van der Waals surface area (Å²) in [4.78, 5) is 5.16. The highest BCUT2D eigenvalue weighted by Gasteiger charge is 2.12. The summed E-state index contributed by atoms with van der Waals surface area (Å²) in [5.74, 6) is 1.62. The zero-order valence-corrected chi connectivity index (χ0v) is 11.1. The molecule has 19 heavy (non-hydrogen) atoms. The van der Waals surface area contributed by atoms with Gasteiger partial charge in [0, 0.05) is 28.4 Å². The van der Waals surface area contributed by atoms with Crippen LogP contribution in [0.3, 0.4) is 0 Å². The molecule has 4 heteroatoms. The Balaban J connectivity index is 1.71. The molecule has 0 saturated heterocycles. The molecule has 2 heterocycles. The van der Waals surface area contributed by atoms with Crippen molar-refractivity contribution in [2.24, 2.45) is 5.73 Å². The number of hydrogen-bond acceptors (Lipinski definition) is 4. The summed E-state index contributed by atoms with van der Waals surface area (Å²) in [7, 11) is 0. The molecule has 0 aliphatic rings. The molecule has 1 aromatic carbocycles. The van der Waals surface area contributed by atoms with Gasteiger partial charge in [0.15, 0.2) is 0 Å². The Morgan fingerprint density at radius 1 is 1.16 bits per heavy atom. The quantitative estimate of drug-likeness (QED) is 0.736. The van der Waals surface area contributed by atoms with E-state index in [-0.39, 0.29) is 6.04 Å². The van der Waals surface area contributed by atoms with Gasteiger partial charge in [-0.25, -0.2) is 0 Å². The number of nitrogens with two attached hydrogens (primary N) is 1. The number of aromatic nitrogens is 1. The second-order valence-electron chi connectivity index (χ2n) is 4.29. The first-order valence-electron chi connectivity index (χ1n) is 6.10. The van der Waals surface area contributed by atoms with E-state index in [9.17, 15) is 0 Å². The minimum Gasteiger partial charge on any atom is -0.459 e. The topological polar surface area (TPSA) is 52.0 Å². The first-order valence-corrected chi connectivity index (χ1v) is 7.08. The molecule has 1 atom stereocenters. The van der Waals surface area contributed by atoms with Crippen LogP contribution in [0.5, 0.6) is 0 Å². The molecule has 2 aromatic heterocycles. The fourth-order valence-corrected chi connectivity index (χ4v) is 2.74. The molecular weight excluding hydrogens is 256 g/mol. The number of benzene rings is 1. The van der Waals surface area contributed by atoms with E-state index in [4.69, 9.17) is 10.2 Å². The van der Waals surface area contributed by atoms with Crippen LogP contribution in [0.25, 0.3) is 11.0 Å².